The average molecular weight is 237 g/mol. The van der Waals surface area contributed by atoms with E-state index in [1.54, 1.807) is 19.2 Å². The van der Waals surface area contributed by atoms with Crippen LogP contribution in [0.15, 0.2) is 18.2 Å². The SMILES string of the molecule is COc1ccc(O)c(CN(C)C(C)C(C)C)c1. The number of benzene rings is 1. The normalized spacial score (nSPS) is 13.1. The van der Waals surface area contributed by atoms with Crippen molar-refractivity contribution in [1.29, 1.82) is 0 Å². The van der Waals surface area contributed by atoms with E-state index in [1.807, 2.05) is 6.07 Å². The summed E-state index contributed by atoms with van der Waals surface area (Å²) in [5.74, 6) is 1.70. The maximum Gasteiger partial charge on any atom is 0.120 e. The Morgan fingerprint density at radius 3 is 2.47 bits per heavy atom. The summed E-state index contributed by atoms with van der Waals surface area (Å²) in [5.41, 5.74) is 0.902. The first-order chi connectivity index (χ1) is 7.95. The molecule has 1 aromatic carbocycles. The van der Waals surface area contributed by atoms with Crippen LogP contribution in [0.25, 0.3) is 0 Å². The van der Waals surface area contributed by atoms with Gasteiger partial charge in [-0.05, 0) is 38.1 Å². The highest BCUT2D eigenvalue weighted by atomic mass is 16.5. The van der Waals surface area contributed by atoms with Gasteiger partial charge in [0.05, 0.1) is 7.11 Å². The molecule has 17 heavy (non-hydrogen) atoms. The highest BCUT2D eigenvalue weighted by Crippen LogP contribution is 2.25. The highest BCUT2D eigenvalue weighted by molar-refractivity contribution is 5.39. The first kappa shape index (κ1) is 13.8. The zero-order valence-electron chi connectivity index (χ0n) is 11.4. The molecule has 3 nitrogen and oxygen atoms in total. The maximum absolute atomic E-state index is 9.82. The lowest BCUT2D eigenvalue weighted by Gasteiger charge is -2.28. The van der Waals surface area contributed by atoms with Crippen molar-refractivity contribution < 1.29 is 9.84 Å². The number of hydrogen-bond donors (Lipinski definition) is 1. The van der Waals surface area contributed by atoms with Gasteiger partial charge in [-0.1, -0.05) is 13.8 Å². The first-order valence-corrected chi connectivity index (χ1v) is 6.01. The predicted octanol–water partition coefficient (Wildman–Crippen LogP) is 2.88. The molecule has 0 saturated carbocycles. The van der Waals surface area contributed by atoms with E-state index in [0.29, 0.717) is 17.7 Å². The summed E-state index contributed by atoms with van der Waals surface area (Å²) in [6.45, 7) is 7.32. The van der Waals surface area contributed by atoms with Crippen molar-refractivity contribution >= 4 is 0 Å². The van der Waals surface area contributed by atoms with Crippen molar-refractivity contribution in [3.05, 3.63) is 23.8 Å². The summed E-state index contributed by atoms with van der Waals surface area (Å²) in [5, 5.41) is 9.82. The van der Waals surface area contributed by atoms with Gasteiger partial charge in [-0.25, -0.2) is 0 Å². The van der Waals surface area contributed by atoms with E-state index in [4.69, 9.17) is 4.74 Å². The summed E-state index contributed by atoms with van der Waals surface area (Å²) in [6.07, 6.45) is 0. The van der Waals surface area contributed by atoms with E-state index in [1.165, 1.54) is 0 Å². The number of hydrogen-bond acceptors (Lipinski definition) is 3. The Hall–Kier alpha value is -1.22. The standard InChI is InChI=1S/C14H23NO2/c1-10(2)11(3)15(4)9-12-8-13(17-5)6-7-14(12)16/h6-8,10-11,16H,9H2,1-5H3. The van der Waals surface area contributed by atoms with E-state index in [0.717, 1.165) is 17.9 Å². The van der Waals surface area contributed by atoms with Gasteiger partial charge in [-0.3, -0.25) is 4.90 Å². The molecule has 1 atom stereocenters. The minimum absolute atomic E-state index is 0.327. The summed E-state index contributed by atoms with van der Waals surface area (Å²) in [4.78, 5) is 2.24. The van der Waals surface area contributed by atoms with Gasteiger partial charge in [0, 0.05) is 18.2 Å². The fourth-order valence-electron chi connectivity index (χ4n) is 1.74. The fourth-order valence-corrected chi connectivity index (χ4v) is 1.74. The van der Waals surface area contributed by atoms with Gasteiger partial charge in [0.2, 0.25) is 0 Å². The molecule has 0 heterocycles. The molecule has 0 fully saturated rings. The van der Waals surface area contributed by atoms with Crippen molar-refractivity contribution in [2.75, 3.05) is 14.2 Å². The average Bonchev–Trinajstić information content (AvgIpc) is 2.30. The van der Waals surface area contributed by atoms with Crippen LogP contribution in [-0.2, 0) is 6.54 Å². The van der Waals surface area contributed by atoms with E-state index in [-0.39, 0.29) is 0 Å². The second-order valence-electron chi connectivity index (χ2n) is 4.89. The summed E-state index contributed by atoms with van der Waals surface area (Å²) >= 11 is 0. The third-order valence-electron chi connectivity index (χ3n) is 3.37. The van der Waals surface area contributed by atoms with Crippen molar-refractivity contribution in [1.82, 2.24) is 4.90 Å². The van der Waals surface area contributed by atoms with Crippen LogP contribution < -0.4 is 4.74 Å². The Morgan fingerprint density at radius 2 is 1.94 bits per heavy atom. The quantitative estimate of drug-likeness (QED) is 0.854. The van der Waals surface area contributed by atoms with Gasteiger partial charge in [-0.2, -0.15) is 0 Å². The molecule has 0 aliphatic rings. The maximum atomic E-state index is 9.82. The van der Waals surface area contributed by atoms with E-state index >= 15 is 0 Å². The Kier molecular flexibility index (Phi) is 4.82. The Bertz CT molecular complexity index is 363. The number of ether oxygens (including phenoxy) is 1. The summed E-state index contributed by atoms with van der Waals surface area (Å²) in [6, 6.07) is 5.81. The molecule has 0 aliphatic carbocycles. The molecule has 0 bridgehead atoms. The first-order valence-electron chi connectivity index (χ1n) is 6.01. The van der Waals surface area contributed by atoms with E-state index in [9.17, 15) is 5.11 Å². The zero-order valence-corrected chi connectivity index (χ0v) is 11.4. The molecule has 0 amide bonds. The number of rotatable bonds is 5. The number of methoxy groups -OCH3 is 1. The second-order valence-corrected chi connectivity index (χ2v) is 4.89. The van der Waals surface area contributed by atoms with Gasteiger partial charge < -0.3 is 9.84 Å². The number of phenols is 1. The van der Waals surface area contributed by atoms with E-state index in [2.05, 4.69) is 32.7 Å². The van der Waals surface area contributed by atoms with Crippen LogP contribution in [0.3, 0.4) is 0 Å². The predicted molar refractivity (Wildman–Crippen MR) is 70.4 cm³/mol. The highest BCUT2D eigenvalue weighted by Gasteiger charge is 2.15. The summed E-state index contributed by atoms with van der Waals surface area (Å²) < 4.78 is 5.17. The molecule has 1 rings (SSSR count). The Balaban J connectivity index is 2.80. The molecule has 0 saturated heterocycles. The molecule has 0 aliphatic heterocycles. The van der Waals surface area contributed by atoms with Crippen LogP contribution in [0.2, 0.25) is 0 Å². The van der Waals surface area contributed by atoms with Crippen LogP contribution in [0.4, 0.5) is 0 Å². The Labute approximate surface area is 104 Å². The minimum atomic E-state index is 0.327. The third-order valence-corrected chi connectivity index (χ3v) is 3.37. The molecule has 0 aromatic heterocycles. The van der Waals surface area contributed by atoms with Gasteiger partial charge >= 0.3 is 0 Å². The lowest BCUT2D eigenvalue weighted by Crippen LogP contribution is -2.32. The molecule has 0 spiro atoms. The zero-order chi connectivity index (χ0) is 13.0. The monoisotopic (exact) mass is 237 g/mol. The molecule has 1 aromatic rings. The lowest BCUT2D eigenvalue weighted by atomic mass is 10.0. The molecule has 1 unspecified atom stereocenters. The number of nitrogens with zero attached hydrogens (tertiary/aromatic N) is 1. The topological polar surface area (TPSA) is 32.7 Å². The minimum Gasteiger partial charge on any atom is -0.508 e. The fraction of sp³-hybridized carbons (Fsp3) is 0.571. The Morgan fingerprint density at radius 1 is 1.29 bits per heavy atom. The number of aromatic hydroxyl groups is 1. The van der Waals surface area contributed by atoms with Gasteiger partial charge in [0.25, 0.3) is 0 Å². The van der Waals surface area contributed by atoms with E-state index < -0.39 is 0 Å². The number of phenolic OH excluding ortho intramolecular Hbond substituents is 1. The van der Waals surface area contributed by atoms with Gasteiger partial charge in [0.15, 0.2) is 0 Å². The molecular formula is C14H23NO2. The van der Waals surface area contributed by atoms with Gasteiger partial charge in [-0.15, -0.1) is 0 Å². The van der Waals surface area contributed by atoms with Gasteiger partial charge in [0.1, 0.15) is 11.5 Å². The van der Waals surface area contributed by atoms with Crippen LogP contribution in [0, 0.1) is 5.92 Å². The van der Waals surface area contributed by atoms with Crippen molar-refractivity contribution in [2.24, 2.45) is 5.92 Å². The van der Waals surface area contributed by atoms with Crippen LogP contribution in [0.5, 0.6) is 11.5 Å². The second kappa shape index (κ2) is 5.92. The molecule has 1 N–H and O–H groups in total. The molecule has 0 radical (unpaired) electrons. The van der Waals surface area contributed by atoms with Crippen molar-refractivity contribution in [3.63, 3.8) is 0 Å². The lowest BCUT2D eigenvalue weighted by molar-refractivity contribution is 0.198. The smallest absolute Gasteiger partial charge is 0.120 e. The van der Waals surface area contributed by atoms with Crippen molar-refractivity contribution in [3.8, 4) is 11.5 Å². The largest absolute Gasteiger partial charge is 0.508 e. The molecule has 3 heteroatoms. The van der Waals surface area contributed by atoms with Crippen LogP contribution >= 0.6 is 0 Å². The summed E-state index contributed by atoms with van der Waals surface area (Å²) in [7, 11) is 3.71. The third kappa shape index (κ3) is 3.63. The van der Waals surface area contributed by atoms with Crippen molar-refractivity contribution in [2.45, 2.75) is 33.4 Å². The van der Waals surface area contributed by atoms with Crippen LogP contribution in [-0.4, -0.2) is 30.2 Å². The van der Waals surface area contributed by atoms with Crippen LogP contribution in [0.1, 0.15) is 26.3 Å². The molecular weight excluding hydrogens is 214 g/mol. The molecule has 96 valence electrons.